The number of esters is 2. The van der Waals surface area contributed by atoms with E-state index in [1.807, 2.05) is 0 Å². The van der Waals surface area contributed by atoms with Gasteiger partial charge >= 0.3 is 17.9 Å². The molecule has 1 aromatic heterocycles. The van der Waals surface area contributed by atoms with Crippen molar-refractivity contribution in [1.82, 2.24) is 4.98 Å². The number of aromatic nitrogens is 1. The minimum absolute atomic E-state index is 0.0946. The Morgan fingerprint density at radius 3 is 2.15 bits per heavy atom. The van der Waals surface area contributed by atoms with Crippen molar-refractivity contribution < 1.29 is 29.0 Å². The quantitative estimate of drug-likeness (QED) is 0.814. The Hall–Kier alpha value is -2.44. The van der Waals surface area contributed by atoms with Gasteiger partial charge in [0, 0.05) is 0 Å². The number of carboxylic acids is 1. The van der Waals surface area contributed by atoms with Crippen LogP contribution in [0.2, 0.25) is 0 Å². The van der Waals surface area contributed by atoms with Crippen LogP contribution in [0.3, 0.4) is 0 Å². The lowest BCUT2D eigenvalue weighted by Crippen LogP contribution is -2.18. The van der Waals surface area contributed by atoms with Crippen LogP contribution in [0.1, 0.15) is 50.7 Å². The van der Waals surface area contributed by atoms with E-state index in [9.17, 15) is 14.4 Å². The highest BCUT2D eigenvalue weighted by atomic mass is 16.5. The number of carbonyl (C=O) groups excluding carboxylic acids is 2. The third-order valence-electron chi connectivity index (χ3n) is 2.41. The Labute approximate surface area is 115 Å². The molecular weight excluding hydrogens is 266 g/mol. The number of carboxylic acid groups (broad SMARTS) is 1. The fraction of sp³-hybridized carbons (Fsp3) is 0.385. The topological polar surface area (TPSA) is 103 Å². The number of rotatable bonds is 5. The Balaban J connectivity index is 3.40. The summed E-state index contributed by atoms with van der Waals surface area (Å²) in [7, 11) is 0. The molecule has 0 aliphatic heterocycles. The molecule has 0 unspecified atom stereocenters. The van der Waals surface area contributed by atoms with E-state index in [1.54, 1.807) is 13.8 Å². The number of aromatic carboxylic acids is 1. The first-order valence-corrected chi connectivity index (χ1v) is 6.01. The Morgan fingerprint density at radius 2 is 1.65 bits per heavy atom. The predicted octanol–water partition coefficient (Wildman–Crippen LogP) is 1.44. The molecule has 7 heteroatoms. The molecule has 0 saturated carbocycles. The van der Waals surface area contributed by atoms with Crippen LogP contribution in [0.15, 0.2) is 6.07 Å². The fourth-order valence-corrected chi connectivity index (χ4v) is 1.54. The summed E-state index contributed by atoms with van der Waals surface area (Å²) in [5.74, 6) is -2.85. The number of carbonyl (C=O) groups is 3. The van der Waals surface area contributed by atoms with Gasteiger partial charge in [0.05, 0.1) is 30.0 Å². The highest BCUT2D eigenvalue weighted by Crippen LogP contribution is 2.16. The largest absolute Gasteiger partial charge is 0.478 e. The average molecular weight is 281 g/mol. The van der Waals surface area contributed by atoms with E-state index in [1.165, 1.54) is 6.92 Å². The van der Waals surface area contributed by atoms with Crippen molar-refractivity contribution in [1.29, 1.82) is 0 Å². The van der Waals surface area contributed by atoms with Gasteiger partial charge in [0.25, 0.3) is 0 Å². The molecule has 0 aliphatic carbocycles. The fourth-order valence-electron chi connectivity index (χ4n) is 1.54. The second kappa shape index (κ2) is 6.65. The molecule has 0 aromatic carbocycles. The zero-order chi connectivity index (χ0) is 15.3. The summed E-state index contributed by atoms with van der Waals surface area (Å²) in [6.45, 7) is 4.85. The molecule has 1 aromatic rings. The van der Waals surface area contributed by atoms with Gasteiger partial charge < -0.3 is 14.6 Å². The summed E-state index contributed by atoms with van der Waals surface area (Å²) < 4.78 is 9.59. The van der Waals surface area contributed by atoms with Crippen LogP contribution < -0.4 is 0 Å². The van der Waals surface area contributed by atoms with Gasteiger partial charge in [-0.05, 0) is 26.8 Å². The lowest BCUT2D eigenvalue weighted by molar-refractivity contribution is 0.0472. The number of aryl methyl sites for hydroxylation is 1. The number of pyridine rings is 1. The minimum Gasteiger partial charge on any atom is -0.478 e. The van der Waals surface area contributed by atoms with E-state index < -0.39 is 17.9 Å². The van der Waals surface area contributed by atoms with E-state index >= 15 is 0 Å². The zero-order valence-electron chi connectivity index (χ0n) is 11.4. The highest BCUT2D eigenvalue weighted by Gasteiger charge is 2.24. The number of nitrogens with zero attached hydrogens (tertiary/aromatic N) is 1. The summed E-state index contributed by atoms with van der Waals surface area (Å²) in [5.41, 5.74) is -0.504. The van der Waals surface area contributed by atoms with Gasteiger partial charge in [-0.1, -0.05) is 0 Å². The maximum absolute atomic E-state index is 11.8. The zero-order valence-corrected chi connectivity index (χ0v) is 11.4. The maximum atomic E-state index is 11.8. The van der Waals surface area contributed by atoms with Crippen LogP contribution in [0.25, 0.3) is 0 Å². The Kier molecular flexibility index (Phi) is 5.19. The highest BCUT2D eigenvalue weighted by molar-refractivity contribution is 6.03. The summed E-state index contributed by atoms with van der Waals surface area (Å²) in [4.78, 5) is 38.5. The molecule has 0 spiro atoms. The van der Waals surface area contributed by atoms with Crippen molar-refractivity contribution in [2.24, 2.45) is 0 Å². The van der Waals surface area contributed by atoms with Crippen LogP contribution in [0.4, 0.5) is 0 Å². The van der Waals surface area contributed by atoms with Crippen LogP contribution >= 0.6 is 0 Å². The molecule has 0 aliphatic rings. The van der Waals surface area contributed by atoms with Crippen molar-refractivity contribution in [3.8, 4) is 0 Å². The lowest BCUT2D eigenvalue weighted by atomic mass is 10.1. The Bertz CT molecular complexity index is 552. The first-order chi connectivity index (χ1) is 9.42. The maximum Gasteiger partial charge on any atom is 0.357 e. The molecule has 0 saturated heterocycles. The third-order valence-corrected chi connectivity index (χ3v) is 2.41. The number of hydrogen-bond donors (Lipinski definition) is 1. The van der Waals surface area contributed by atoms with E-state index in [0.717, 1.165) is 6.07 Å². The summed E-state index contributed by atoms with van der Waals surface area (Å²) in [6.07, 6.45) is 0. The normalized spacial score (nSPS) is 9.95. The molecule has 1 N–H and O–H groups in total. The molecule has 1 heterocycles. The molecule has 108 valence electrons. The van der Waals surface area contributed by atoms with Crippen LogP contribution in [-0.2, 0) is 9.47 Å². The smallest absolute Gasteiger partial charge is 0.357 e. The number of hydrogen-bond acceptors (Lipinski definition) is 6. The average Bonchev–Trinajstić information content (AvgIpc) is 2.38. The first-order valence-electron chi connectivity index (χ1n) is 6.01. The molecule has 1 rings (SSSR count). The second-order valence-electron chi connectivity index (χ2n) is 3.76. The van der Waals surface area contributed by atoms with Gasteiger partial charge in [0.2, 0.25) is 0 Å². The standard InChI is InChI=1S/C13H15NO6/c1-4-19-12(17)9-6-8(11(15)16)7(3)14-10(9)13(18)20-5-2/h6H,4-5H2,1-3H3,(H,15,16). The molecule has 20 heavy (non-hydrogen) atoms. The Morgan fingerprint density at radius 1 is 1.10 bits per heavy atom. The molecular formula is C13H15NO6. The molecule has 0 amide bonds. The molecule has 0 fully saturated rings. The summed E-state index contributed by atoms with van der Waals surface area (Å²) in [5, 5.41) is 9.03. The monoisotopic (exact) mass is 281 g/mol. The van der Waals surface area contributed by atoms with Crippen LogP contribution in [0.5, 0.6) is 0 Å². The van der Waals surface area contributed by atoms with Crippen molar-refractivity contribution >= 4 is 17.9 Å². The van der Waals surface area contributed by atoms with Gasteiger partial charge in [0.15, 0.2) is 5.69 Å². The van der Waals surface area contributed by atoms with Crippen LogP contribution in [0, 0.1) is 6.92 Å². The number of ether oxygens (including phenoxy) is 2. The molecule has 0 atom stereocenters. The van der Waals surface area contributed by atoms with Crippen molar-refractivity contribution in [3.05, 3.63) is 28.6 Å². The van der Waals surface area contributed by atoms with Gasteiger partial charge in [-0.15, -0.1) is 0 Å². The lowest BCUT2D eigenvalue weighted by Gasteiger charge is -2.10. The van der Waals surface area contributed by atoms with Gasteiger partial charge in [0.1, 0.15) is 0 Å². The third kappa shape index (κ3) is 3.31. The van der Waals surface area contributed by atoms with Gasteiger partial charge in [-0.25, -0.2) is 19.4 Å². The molecule has 0 radical (unpaired) electrons. The van der Waals surface area contributed by atoms with E-state index in [4.69, 9.17) is 14.6 Å². The van der Waals surface area contributed by atoms with E-state index in [0.29, 0.717) is 0 Å². The van der Waals surface area contributed by atoms with Gasteiger partial charge in [-0.2, -0.15) is 0 Å². The molecule has 0 bridgehead atoms. The second-order valence-corrected chi connectivity index (χ2v) is 3.76. The minimum atomic E-state index is -1.24. The van der Waals surface area contributed by atoms with Crippen molar-refractivity contribution in [3.63, 3.8) is 0 Å². The summed E-state index contributed by atoms with van der Waals surface area (Å²) >= 11 is 0. The van der Waals surface area contributed by atoms with Gasteiger partial charge in [-0.3, -0.25) is 0 Å². The summed E-state index contributed by atoms with van der Waals surface area (Å²) in [6, 6.07) is 1.08. The predicted molar refractivity (Wildman–Crippen MR) is 67.8 cm³/mol. The van der Waals surface area contributed by atoms with E-state index in [-0.39, 0.29) is 35.7 Å². The van der Waals surface area contributed by atoms with Crippen LogP contribution in [-0.4, -0.2) is 41.2 Å². The first kappa shape index (κ1) is 15.6. The van der Waals surface area contributed by atoms with Crippen molar-refractivity contribution in [2.75, 3.05) is 13.2 Å². The van der Waals surface area contributed by atoms with Crippen molar-refractivity contribution in [2.45, 2.75) is 20.8 Å². The molecule has 7 nitrogen and oxygen atoms in total. The SMILES string of the molecule is CCOC(=O)c1cc(C(=O)O)c(C)nc1C(=O)OCC. The van der Waals surface area contributed by atoms with E-state index in [2.05, 4.69) is 4.98 Å².